The summed E-state index contributed by atoms with van der Waals surface area (Å²) in [5, 5.41) is 3.13. The Morgan fingerprint density at radius 2 is 2.00 bits per heavy atom. The normalized spacial score (nSPS) is 22.6. The first kappa shape index (κ1) is 26.6. The number of nitrogens with one attached hydrogen (secondary N) is 2. The number of nitrogens with zero attached hydrogens (tertiary/aromatic N) is 5. The van der Waals surface area contributed by atoms with E-state index in [1.54, 1.807) is 36.8 Å². The summed E-state index contributed by atoms with van der Waals surface area (Å²) in [4.78, 5) is 35.2. The smallest absolute Gasteiger partial charge is 0.351 e. The molecule has 4 aromatic rings. The Kier molecular flexibility index (Phi) is 6.92. The van der Waals surface area contributed by atoms with Crippen molar-refractivity contribution >= 4 is 28.7 Å². The number of imidazole rings is 1. The molecule has 1 saturated carbocycles. The minimum absolute atomic E-state index is 0.262. The second-order valence-electron chi connectivity index (χ2n) is 11.1. The fourth-order valence-corrected chi connectivity index (χ4v) is 6.05. The van der Waals surface area contributed by atoms with Crippen molar-refractivity contribution in [2.75, 3.05) is 0 Å². The summed E-state index contributed by atoms with van der Waals surface area (Å²) in [5.74, 6) is 1.31. The van der Waals surface area contributed by atoms with Gasteiger partial charge in [0.05, 0.1) is 33.1 Å². The minimum atomic E-state index is -1.99. The molecule has 1 amide bonds. The number of hydroxylamine groups is 1. The molecule has 208 valence electrons. The van der Waals surface area contributed by atoms with Crippen molar-refractivity contribution in [3.8, 4) is 11.3 Å². The number of pyridine rings is 3. The lowest BCUT2D eigenvalue weighted by Gasteiger charge is -2.29. The van der Waals surface area contributed by atoms with E-state index < -0.39 is 17.9 Å². The summed E-state index contributed by atoms with van der Waals surface area (Å²) in [5.41, 5.74) is 4.61. The molecule has 2 aliphatic rings. The van der Waals surface area contributed by atoms with Crippen molar-refractivity contribution in [2.24, 2.45) is 11.8 Å². The maximum atomic E-state index is 17.1. The summed E-state index contributed by atoms with van der Waals surface area (Å²) in [6, 6.07) is 7.18. The molecule has 5 heterocycles. The maximum absolute atomic E-state index is 17.1. The number of alkyl halides is 1. The van der Waals surface area contributed by atoms with E-state index in [1.165, 1.54) is 6.92 Å². The summed E-state index contributed by atoms with van der Waals surface area (Å²) < 4.78 is 19.1. The number of aryl methyl sites for hydroxylation is 1. The van der Waals surface area contributed by atoms with Crippen molar-refractivity contribution < 1.29 is 14.0 Å². The first-order valence-electron chi connectivity index (χ1n) is 13.6. The monoisotopic (exact) mass is 563 g/mol. The van der Waals surface area contributed by atoms with E-state index in [0.717, 1.165) is 31.2 Å². The van der Waals surface area contributed by atoms with Gasteiger partial charge in [0, 0.05) is 30.7 Å². The Balaban J connectivity index is 1.60. The highest BCUT2D eigenvalue weighted by molar-refractivity contribution is 6.30. The van der Waals surface area contributed by atoms with Gasteiger partial charge in [0.1, 0.15) is 0 Å². The van der Waals surface area contributed by atoms with Gasteiger partial charge in [-0.25, -0.2) is 19.2 Å². The van der Waals surface area contributed by atoms with E-state index in [0.29, 0.717) is 57.1 Å². The van der Waals surface area contributed by atoms with E-state index in [-0.39, 0.29) is 5.82 Å². The van der Waals surface area contributed by atoms with E-state index in [9.17, 15) is 4.79 Å². The highest BCUT2D eigenvalue weighted by Crippen LogP contribution is 2.40. The van der Waals surface area contributed by atoms with Gasteiger partial charge in [-0.1, -0.05) is 37.4 Å². The Labute approximate surface area is 236 Å². The van der Waals surface area contributed by atoms with Crippen LogP contribution >= 0.6 is 11.6 Å². The van der Waals surface area contributed by atoms with Crippen LogP contribution in [0.2, 0.25) is 5.02 Å². The first-order valence-corrected chi connectivity index (χ1v) is 13.9. The van der Waals surface area contributed by atoms with Crippen LogP contribution in [-0.2, 0) is 17.1 Å². The standard InChI is InChI=1S/C29H31ClFN7O2/c1-16-6-8-18(9-7-16)15-38-24-21(35-27(38)29(3,31)25-17(2)5-4-10-33-25)12-22(26-36-28(39)40-37-26)34-23(24)19-11-20(30)14-32-13-19/h4-5,10-14,16,18,26,37H,6-9,15H2,1-3H3,(H,36,39). The topological polar surface area (TPSA) is 107 Å². The highest BCUT2D eigenvalue weighted by Gasteiger charge is 2.39. The van der Waals surface area contributed by atoms with Gasteiger partial charge in [-0.05, 0) is 62.3 Å². The van der Waals surface area contributed by atoms with Gasteiger partial charge in [-0.2, -0.15) is 0 Å². The van der Waals surface area contributed by atoms with E-state index in [1.807, 2.05) is 17.6 Å². The predicted molar refractivity (Wildman–Crippen MR) is 149 cm³/mol. The second-order valence-corrected chi connectivity index (χ2v) is 11.5. The average Bonchev–Trinajstić information content (AvgIpc) is 3.53. The van der Waals surface area contributed by atoms with E-state index >= 15 is 4.39 Å². The predicted octanol–water partition coefficient (Wildman–Crippen LogP) is 6.15. The molecule has 2 N–H and O–H groups in total. The van der Waals surface area contributed by atoms with Crippen LogP contribution in [0.5, 0.6) is 0 Å². The Morgan fingerprint density at radius 3 is 2.70 bits per heavy atom. The number of carbonyl (C=O) groups excluding carboxylic acids is 1. The minimum Gasteiger partial charge on any atom is -0.351 e. The molecule has 0 radical (unpaired) electrons. The SMILES string of the molecule is Cc1cccnc1C(C)(F)c1nc2cc(C3NOC(=O)N3)nc(-c3cncc(Cl)c3)c2n1CC1CCC(C)CC1. The summed E-state index contributed by atoms with van der Waals surface area (Å²) in [6.07, 6.45) is 7.90. The lowest BCUT2D eigenvalue weighted by molar-refractivity contribution is 0.121. The zero-order chi connectivity index (χ0) is 28.0. The van der Waals surface area contributed by atoms with Crippen LogP contribution in [-0.4, -0.2) is 30.6 Å². The van der Waals surface area contributed by atoms with Crippen molar-refractivity contribution in [1.82, 2.24) is 35.3 Å². The molecule has 2 fully saturated rings. The molecular formula is C29H31ClFN7O2. The fourth-order valence-electron chi connectivity index (χ4n) is 5.88. The summed E-state index contributed by atoms with van der Waals surface area (Å²) in [6.45, 7) is 6.25. The molecule has 1 aliphatic heterocycles. The molecule has 4 aromatic heterocycles. The summed E-state index contributed by atoms with van der Waals surface area (Å²) in [7, 11) is 0. The first-order chi connectivity index (χ1) is 19.2. The zero-order valence-electron chi connectivity index (χ0n) is 22.6. The fraction of sp³-hybridized carbons (Fsp3) is 0.414. The van der Waals surface area contributed by atoms with Gasteiger partial charge < -0.3 is 9.40 Å². The van der Waals surface area contributed by atoms with Gasteiger partial charge in [0.25, 0.3) is 0 Å². The van der Waals surface area contributed by atoms with E-state index in [2.05, 4.69) is 27.7 Å². The third kappa shape index (κ3) is 4.90. The average molecular weight is 564 g/mol. The molecule has 6 rings (SSSR count). The van der Waals surface area contributed by atoms with Gasteiger partial charge in [-0.15, -0.1) is 5.48 Å². The van der Waals surface area contributed by atoms with Gasteiger partial charge in [0.15, 0.2) is 12.0 Å². The number of hydrogen-bond acceptors (Lipinski definition) is 7. The molecule has 0 spiro atoms. The van der Waals surface area contributed by atoms with Gasteiger partial charge in [0.2, 0.25) is 5.67 Å². The lowest BCUT2D eigenvalue weighted by atomic mass is 9.83. The van der Waals surface area contributed by atoms with Crippen LogP contribution in [0, 0.1) is 18.8 Å². The van der Waals surface area contributed by atoms with Crippen LogP contribution < -0.4 is 10.8 Å². The van der Waals surface area contributed by atoms with Crippen LogP contribution in [0.25, 0.3) is 22.3 Å². The number of hydrogen-bond donors (Lipinski definition) is 2. The molecule has 2 unspecified atom stereocenters. The molecule has 9 nitrogen and oxygen atoms in total. The Bertz CT molecular complexity index is 1580. The number of carbonyl (C=O) groups is 1. The quantitative estimate of drug-likeness (QED) is 0.289. The molecule has 0 aromatic carbocycles. The number of halogens is 2. The van der Waals surface area contributed by atoms with Crippen molar-refractivity contribution in [1.29, 1.82) is 0 Å². The van der Waals surface area contributed by atoms with Crippen LogP contribution in [0.4, 0.5) is 9.18 Å². The van der Waals surface area contributed by atoms with Gasteiger partial charge in [-0.3, -0.25) is 15.3 Å². The third-order valence-electron chi connectivity index (χ3n) is 8.00. The molecule has 1 saturated heterocycles. The Morgan fingerprint density at radius 1 is 1.20 bits per heavy atom. The highest BCUT2D eigenvalue weighted by atomic mass is 35.5. The van der Waals surface area contributed by atoms with E-state index in [4.69, 9.17) is 26.4 Å². The Hall–Kier alpha value is -3.63. The number of rotatable bonds is 6. The second kappa shape index (κ2) is 10.4. The van der Waals surface area contributed by atoms with Gasteiger partial charge >= 0.3 is 6.09 Å². The third-order valence-corrected chi connectivity index (χ3v) is 8.21. The molecule has 2 atom stereocenters. The van der Waals surface area contributed by atoms with Crippen LogP contribution in [0.3, 0.4) is 0 Å². The number of aromatic nitrogens is 5. The zero-order valence-corrected chi connectivity index (χ0v) is 23.4. The van der Waals surface area contributed by atoms with Crippen molar-refractivity contribution in [2.45, 2.75) is 64.8 Å². The summed E-state index contributed by atoms with van der Waals surface area (Å²) >= 11 is 6.35. The number of fused-ring (bicyclic) bond motifs is 1. The van der Waals surface area contributed by atoms with Crippen molar-refractivity contribution in [3.05, 3.63) is 70.7 Å². The lowest BCUT2D eigenvalue weighted by Crippen LogP contribution is -2.28. The van der Waals surface area contributed by atoms with Crippen LogP contribution in [0.1, 0.15) is 68.5 Å². The largest absolute Gasteiger partial charge is 0.427 e. The molecule has 1 aliphatic carbocycles. The van der Waals surface area contributed by atoms with Crippen molar-refractivity contribution in [3.63, 3.8) is 0 Å². The number of amides is 1. The molecule has 11 heteroatoms. The van der Waals surface area contributed by atoms with Crippen LogP contribution in [0.15, 0.2) is 42.9 Å². The molecular weight excluding hydrogens is 533 g/mol. The molecule has 0 bridgehead atoms. The molecule has 40 heavy (non-hydrogen) atoms. The maximum Gasteiger partial charge on any atom is 0.427 e.